The highest BCUT2D eigenvalue weighted by Gasteiger charge is 2.03. The van der Waals surface area contributed by atoms with Crippen LogP contribution in [-0.2, 0) is 24.3 Å². The Hall–Kier alpha value is -2.09. The first-order valence-electron chi connectivity index (χ1n) is 9.07. The Kier molecular flexibility index (Phi) is 10.5. The Bertz CT molecular complexity index is 761. The summed E-state index contributed by atoms with van der Waals surface area (Å²) in [6.07, 6.45) is 1.02. The number of aliphatic imine (C=N–C) groups is 1. The fourth-order valence-corrected chi connectivity index (χ4v) is 2.72. The topological polar surface area (TPSA) is 65.5 Å². The fraction of sp³-hybridized carbons (Fsp3) is 0.333. The van der Waals surface area contributed by atoms with E-state index in [1.54, 1.807) is 0 Å². The Morgan fingerprint density at radius 2 is 1.74 bits per heavy atom. The van der Waals surface area contributed by atoms with Crippen molar-refractivity contribution in [2.75, 3.05) is 11.9 Å². The Morgan fingerprint density at radius 1 is 1.00 bits per heavy atom. The summed E-state index contributed by atoms with van der Waals surface area (Å²) < 4.78 is 0. The van der Waals surface area contributed by atoms with Crippen LogP contribution >= 0.6 is 24.0 Å². The van der Waals surface area contributed by atoms with Gasteiger partial charge in [-0.1, -0.05) is 43.3 Å². The van der Waals surface area contributed by atoms with Crippen molar-refractivity contribution in [1.82, 2.24) is 10.6 Å². The quantitative estimate of drug-likeness (QED) is 0.318. The number of aryl methyl sites for hydroxylation is 1. The van der Waals surface area contributed by atoms with Crippen molar-refractivity contribution in [2.24, 2.45) is 4.99 Å². The first-order chi connectivity index (χ1) is 12.6. The first kappa shape index (κ1) is 23.0. The van der Waals surface area contributed by atoms with E-state index in [0.29, 0.717) is 6.54 Å². The average Bonchev–Trinajstić information content (AvgIpc) is 2.64. The van der Waals surface area contributed by atoms with Crippen LogP contribution in [0.1, 0.15) is 37.5 Å². The van der Waals surface area contributed by atoms with Crippen molar-refractivity contribution in [2.45, 2.75) is 40.3 Å². The maximum atomic E-state index is 11.2. The molecule has 0 aliphatic rings. The van der Waals surface area contributed by atoms with Gasteiger partial charge in [-0.2, -0.15) is 0 Å². The monoisotopic (exact) mass is 480 g/mol. The lowest BCUT2D eigenvalue weighted by atomic mass is 10.1. The van der Waals surface area contributed by atoms with E-state index in [0.717, 1.165) is 36.7 Å². The predicted molar refractivity (Wildman–Crippen MR) is 124 cm³/mol. The lowest BCUT2D eigenvalue weighted by Crippen LogP contribution is -2.37. The summed E-state index contributed by atoms with van der Waals surface area (Å²) in [5.41, 5.74) is 4.47. The molecular formula is C21H29IN4O. The van der Waals surface area contributed by atoms with Crippen molar-refractivity contribution in [3.63, 3.8) is 0 Å². The number of carbonyl (C=O) groups excluding carboxylic acids is 1. The molecule has 146 valence electrons. The number of hydrogen-bond donors (Lipinski definition) is 3. The highest BCUT2D eigenvalue weighted by atomic mass is 127. The minimum Gasteiger partial charge on any atom is -0.357 e. The number of benzene rings is 2. The zero-order chi connectivity index (χ0) is 18.8. The molecule has 1 amide bonds. The molecule has 0 radical (unpaired) electrons. The van der Waals surface area contributed by atoms with Gasteiger partial charge in [-0.05, 0) is 42.2 Å². The molecule has 27 heavy (non-hydrogen) atoms. The smallest absolute Gasteiger partial charge is 0.221 e. The van der Waals surface area contributed by atoms with E-state index in [4.69, 9.17) is 0 Å². The summed E-state index contributed by atoms with van der Waals surface area (Å²) in [6.45, 7) is 7.80. The van der Waals surface area contributed by atoms with Gasteiger partial charge in [0.1, 0.15) is 0 Å². The van der Waals surface area contributed by atoms with Gasteiger partial charge in [0.25, 0.3) is 0 Å². The van der Waals surface area contributed by atoms with Crippen molar-refractivity contribution in [3.05, 3.63) is 65.2 Å². The van der Waals surface area contributed by atoms with Gasteiger partial charge in [0.2, 0.25) is 5.91 Å². The molecule has 0 saturated heterocycles. The second kappa shape index (κ2) is 12.3. The van der Waals surface area contributed by atoms with E-state index >= 15 is 0 Å². The largest absolute Gasteiger partial charge is 0.357 e. The third kappa shape index (κ3) is 7.99. The lowest BCUT2D eigenvalue weighted by Gasteiger charge is -2.13. The number of carbonyl (C=O) groups is 1. The van der Waals surface area contributed by atoms with Crippen LogP contribution in [-0.4, -0.2) is 18.4 Å². The van der Waals surface area contributed by atoms with Crippen molar-refractivity contribution < 1.29 is 4.79 Å². The van der Waals surface area contributed by atoms with Crippen LogP contribution in [0.3, 0.4) is 0 Å². The number of nitrogens with zero attached hydrogens (tertiary/aromatic N) is 1. The van der Waals surface area contributed by atoms with E-state index in [1.165, 1.54) is 18.1 Å². The zero-order valence-corrected chi connectivity index (χ0v) is 18.5. The molecule has 0 aromatic heterocycles. The molecule has 3 N–H and O–H groups in total. The Balaban J connectivity index is 0.00000364. The third-order valence-electron chi connectivity index (χ3n) is 3.96. The van der Waals surface area contributed by atoms with Gasteiger partial charge in [-0.3, -0.25) is 4.79 Å². The minimum absolute atomic E-state index is 0. The molecule has 0 bridgehead atoms. The second-order valence-corrected chi connectivity index (χ2v) is 6.05. The number of rotatable bonds is 7. The molecule has 0 atom stereocenters. The van der Waals surface area contributed by atoms with Crippen LogP contribution in [0.25, 0.3) is 0 Å². The molecule has 0 saturated carbocycles. The molecular weight excluding hydrogens is 451 g/mol. The molecule has 0 aliphatic carbocycles. The maximum absolute atomic E-state index is 11.2. The number of nitrogens with one attached hydrogen (secondary N) is 3. The molecule has 0 heterocycles. The normalized spacial score (nSPS) is 10.7. The molecule has 0 fully saturated rings. The highest BCUT2D eigenvalue weighted by molar-refractivity contribution is 14.0. The molecule has 6 heteroatoms. The van der Waals surface area contributed by atoms with Gasteiger partial charge in [0.15, 0.2) is 5.96 Å². The van der Waals surface area contributed by atoms with Gasteiger partial charge in [0, 0.05) is 25.7 Å². The summed E-state index contributed by atoms with van der Waals surface area (Å²) >= 11 is 0. The van der Waals surface area contributed by atoms with Crippen LogP contribution < -0.4 is 16.0 Å². The van der Waals surface area contributed by atoms with E-state index < -0.39 is 0 Å². The van der Waals surface area contributed by atoms with Gasteiger partial charge in [-0.15, -0.1) is 24.0 Å². The van der Waals surface area contributed by atoms with Crippen LogP contribution in [0.4, 0.5) is 5.69 Å². The van der Waals surface area contributed by atoms with Crippen molar-refractivity contribution >= 4 is 41.5 Å². The van der Waals surface area contributed by atoms with Gasteiger partial charge < -0.3 is 16.0 Å². The summed E-state index contributed by atoms with van der Waals surface area (Å²) in [7, 11) is 0. The third-order valence-corrected chi connectivity index (χ3v) is 3.96. The van der Waals surface area contributed by atoms with Crippen molar-refractivity contribution in [1.29, 1.82) is 0 Å². The summed E-state index contributed by atoms with van der Waals surface area (Å²) in [5, 5.41) is 9.47. The summed E-state index contributed by atoms with van der Waals surface area (Å²) in [5.74, 6) is 0.707. The van der Waals surface area contributed by atoms with Gasteiger partial charge in [-0.25, -0.2) is 4.99 Å². The first-order valence-corrected chi connectivity index (χ1v) is 9.07. The molecule has 2 aromatic carbocycles. The number of guanidine groups is 1. The zero-order valence-electron chi connectivity index (χ0n) is 16.2. The van der Waals surface area contributed by atoms with E-state index in [2.05, 4.69) is 59.1 Å². The average molecular weight is 480 g/mol. The van der Waals surface area contributed by atoms with E-state index in [9.17, 15) is 4.79 Å². The highest BCUT2D eigenvalue weighted by Crippen LogP contribution is 2.12. The van der Waals surface area contributed by atoms with Crippen LogP contribution in [0.5, 0.6) is 0 Å². The predicted octanol–water partition coefficient (Wildman–Crippen LogP) is 4.08. The minimum atomic E-state index is -0.0738. The maximum Gasteiger partial charge on any atom is 0.221 e. The van der Waals surface area contributed by atoms with Crippen LogP contribution in [0.15, 0.2) is 53.5 Å². The molecule has 0 aliphatic heterocycles. The molecule has 0 unspecified atom stereocenters. The number of hydrogen-bond acceptors (Lipinski definition) is 2. The Morgan fingerprint density at radius 3 is 2.41 bits per heavy atom. The number of amides is 1. The molecule has 2 aromatic rings. The summed E-state index contributed by atoms with van der Waals surface area (Å²) in [4.78, 5) is 15.8. The number of halogens is 1. The molecule has 5 nitrogen and oxygen atoms in total. The second-order valence-electron chi connectivity index (χ2n) is 6.05. The lowest BCUT2D eigenvalue weighted by molar-refractivity contribution is -0.114. The van der Waals surface area contributed by atoms with Crippen LogP contribution in [0.2, 0.25) is 0 Å². The van der Waals surface area contributed by atoms with Gasteiger partial charge in [0.05, 0.1) is 6.54 Å². The number of anilines is 1. The van der Waals surface area contributed by atoms with Gasteiger partial charge >= 0.3 is 0 Å². The fourth-order valence-electron chi connectivity index (χ4n) is 2.72. The van der Waals surface area contributed by atoms with Crippen LogP contribution in [0, 0.1) is 0 Å². The standard InChI is InChI=1S/C21H28N4O.HI/c1-4-18-10-6-7-11-19(18)15-24-21(22-5-2)23-14-17-9-8-12-20(13-17)25-16(3)26;/h6-13H,4-5,14-15H2,1-3H3,(H,25,26)(H2,22,23,24);1H. The van der Waals surface area contributed by atoms with Crippen molar-refractivity contribution in [3.8, 4) is 0 Å². The molecule has 2 rings (SSSR count). The summed E-state index contributed by atoms with van der Waals surface area (Å²) in [6, 6.07) is 16.2. The van der Waals surface area contributed by atoms with E-state index in [-0.39, 0.29) is 29.9 Å². The van der Waals surface area contributed by atoms with E-state index in [1.807, 2.05) is 24.3 Å². The molecule has 0 spiro atoms. The Labute approximate surface area is 179 Å². The SMILES string of the molecule is CCNC(=NCc1cccc(NC(C)=O)c1)NCc1ccccc1CC.I.